The van der Waals surface area contributed by atoms with E-state index in [4.69, 9.17) is 11.1 Å². The predicted octanol–water partition coefficient (Wildman–Crippen LogP) is 0.729. The molecule has 1 fully saturated rings. The van der Waals surface area contributed by atoms with Crippen LogP contribution in [0.3, 0.4) is 0 Å². The normalized spacial score (nSPS) is 22.9. The van der Waals surface area contributed by atoms with E-state index in [0.29, 0.717) is 5.84 Å². The van der Waals surface area contributed by atoms with Crippen molar-refractivity contribution in [3.63, 3.8) is 0 Å². The average molecular weight is 212 g/mol. The molecule has 1 aliphatic rings. The van der Waals surface area contributed by atoms with E-state index in [1.165, 1.54) is 0 Å². The average Bonchev–Trinajstić information content (AvgIpc) is 2.10. The van der Waals surface area contributed by atoms with Crippen molar-refractivity contribution in [1.82, 2.24) is 9.80 Å². The molecule has 1 heterocycles. The number of rotatable bonds is 4. The smallest absolute Gasteiger partial charge is 0.0905 e. The highest BCUT2D eigenvalue weighted by molar-refractivity contribution is 5.76. The van der Waals surface area contributed by atoms with E-state index < -0.39 is 0 Å². The van der Waals surface area contributed by atoms with Gasteiger partial charge in [0, 0.05) is 31.6 Å². The molecule has 0 atom stereocenters. The standard InChI is InChI=1S/C11H24N4/c1-11(2)9-15(8-7-14(11)3)6-4-5-10(12)13/h4-9H2,1-3H3,(H3,12,13). The summed E-state index contributed by atoms with van der Waals surface area (Å²) in [6, 6.07) is 0. The molecular weight excluding hydrogens is 188 g/mol. The van der Waals surface area contributed by atoms with Gasteiger partial charge in [-0.25, -0.2) is 0 Å². The van der Waals surface area contributed by atoms with Crippen molar-refractivity contribution in [2.45, 2.75) is 32.2 Å². The van der Waals surface area contributed by atoms with Gasteiger partial charge in [-0.1, -0.05) is 0 Å². The highest BCUT2D eigenvalue weighted by Gasteiger charge is 2.30. The van der Waals surface area contributed by atoms with Crippen molar-refractivity contribution < 1.29 is 0 Å². The van der Waals surface area contributed by atoms with Crippen molar-refractivity contribution in [3.8, 4) is 0 Å². The molecule has 1 rings (SSSR count). The van der Waals surface area contributed by atoms with Gasteiger partial charge in [0.25, 0.3) is 0 Å². The minimum absolute atomic E-state index is 0.272. The molecule has 0 unspecified atom stereocenters. The molecule has 0 bridgehead atoms. The van der Waals surface area contributed by atoms with Crippen molar-refractivity contribution in [2.24, 2.45) is 5.73 Å². The number of nitrogens with zero attached hydrogens (tertiary/aromatic N) is 2. The van der Waals surface area contributed by atoms with Crippen LogP contribution in [0.1, 0.15) is 26.7 Å². The summed E-state index contributed by atoms with van der Waals surface area (Å²) in [5.74, 6) is 0.309. The molecule has 0 amide bonds. The lowest BCUT2D eigenvalue weighted by Gasteiger charge is -2.45. The van der Waals surface area contributed by atoms with Gasteiger partial charge in [-0.15, -0.1) is 0 Å². The first-order valence-corrected chi connectivity index (χ1v) is 5.68. The Morgan fingerprint density at radius 3 is 2.60 bits per heavy atom. The molecule has 0 spiro atoms. The van der Waals surface area contributed by atoms with Crippen molar-refractivity contribution >= 4 is 5.84 Å². The second-order valence-corrected chi connectivity index (χ2v) is 5.14. The summed E-state index contributed by atoms with van der Waals surface area (Å²) in [4.78, 5) is 4.89. The van der Waals surface area contributed by atoms with E-state index in [0.717, 1.165) is 39.0 Å². The largest absolute Gasteiger partial charge is 0.388 e. The van der Waals surface area contributed by atoms with Crippen LogP contribution in [-0.4, -0.2) is 54.4 Å². The Morgan fingerprint density at radius 2 is 2.07 bits per heavy atom. The third-order valence-electron chi connectivity index (χ3n) is 3.32. The number of amidine groups is 1. The summed E-state index contributed by atoms with van der Waals surface area (Å²) < 4.78 is 0. The first-order valence-electron chi connectivity index (χ1n) is 5.68. The molecule has 4 nitrogen and oxygen atoms in total. The molecule has 0 aliphatic carbocycles. The SMILES string of the molecule is CN1CCN(CCCC(=N)N)CC1(C)C. The van der Waals surface area contributed by atoms with Crippen LogP contribution in [0.5, 0.6) is 0 Å². The first kappa shape index (κ1) is 12.5. The zero-order valence-corrected chi connectivity index (χ0v) is 10.2. The Labute approximate surface area is 92.9 Å². The van der Waals surface area contributed by atoms with Crippen molar-refractivity contribution in [3.05, 3.63) is 0 Å². The molecule has 0 aromatic heterocycles. The molecule has 1 aliphatic heterocycles. The van der Waals surface area contributed by atoms with Crippen molar-refractivity contribution in [2.75, 3.05) is 33.2 Å². The zero-order chi connectivity index (χ0) is 11.5. The van der Waals surface area contributed by atoms with Crippen LogP contribution in [0.15, 0.2) is 0 Å². The summed E-state index contributed by atoms with van der Waals surface area (Å²) in [6.45, 7) is 9.01. The van der Waals surface area contributed by atoms with Crippen LogP contribution >= 0.6 is 0 Å². The molecule has 0 aromatic carbocycles. The van der Waals surface area contributed by atoms with E-state index >= 15 is 0 Å². The van der Waals surface area contributed by atoms with Gasteiger partial charge in [-0.05, 0) is 33.9 Å². The Kier molecular flexibility index (Phi) is 4.11. The van der Waals surface area contributed by atoms with Gasteiger partial charge in [0.05, 0.1) is 5.84 Å². The highest BCUT2D eigenvalue weighted by atomic mass is 15.3. The quantitative estimate of drug-likeness (QED) is 0.533. The minimum atomic E-state index is 0.272. The monoisotopic (exact) mass is 212 g/mol. The van der Waals surface area contributed by atoms with Crippen LogP contribution in [0, 0.1) is 5.41 Å². The maximum Gasteiger partial charge on any atom is 0.0905 e. The molecule has 88 valence electrons. The number of nitrogens with two attached hydrogens (primary N) is 1. The van der Waals surface area contributed by atoms with Crippen LogP contribution < -0.4 is 5.73 Å². The van der Waals surface area contributed by atoms with Gasteiger partial charge >= 0.3 is 0 Å². The lowest BCUT2D eigenvalue weighted by molar-refractivity contribution is 0.0398. The van der Waals surface area contributed by atoms with Crippen LogP contribution in [-0.2, 0) is 0 Å². The molecule has 1 saturated heterocycles. The fraction of sp³-hybridized carbons (Fsp3) is 0.909. The summed E-state index contributed by atoms with van der Waals surface area (Å²) in [7, 11) is 2.19. The van der Waals surface area contributed by atoms with Gasteiger partial charge in [-0.3, -0.25) is 10.3 Å². The van der Waals surface area contributed by atoms with E-state index in [2.05, 4.69) is 30.7 Å². The van der Waals surface area contributed by atoms with E-state index in [-0.39, 0.29) is 5.54 Å². The minimum Gasteiger partial charge on any atom is -0.388 e. The highest BCUT2D eigenvalue weighted by Crippen LogP contribution is 2.18. The fourth-order valence-electron chi connectivity index (χ4n) is 2.03. The van der Waals surface area contributed by atoms with Crippen LogP contribution in [0.2, 0.25) is 0 Å². The first-order chi connectivity index (χ1) is 6.92. The van der Waals surface area contributed by atoms with Gasteiger partial charge in [0.15, 0.2) is 0 Å². The predicted molar refractivity (Wildman–Crippen MR) is 64.3 cm³/mol. The topological polar surface area (TPSA) is 56.4 Å². The van der Waals surface area contributed by atoms with Crippen LogP contribution in [0.25, 0.3) is 0 Å². The zero-order valence-electron chi connectivity index (χ0n) is 10.2. The fourth-order valence-corrected chi connectivity index (χ4v) is 2.03. The number of piperazine rings is 1. The second kappa shape index (κ2) is 4.94. The third-order valence-corrected chi connectivity index (χ3v) is 3.32. The molecule has 0 radical (unpaired) electrons. The van der Waals surface area contributed by atoms with E-state index in [1.54, 1.807) is 0 Å². The summed E-state index contributed by atoms with van der Waals surface area (Å²) in [6.07, 6.45) is 1.74. The van der Waals surface area contributed by atoms with Gasteiger partial charge in [0.2, 0.25) is 0 Å². The maximum absolute atomic E-state index is 7.17. The Bertz CT molecular complexity index is 225. The Balaban J connectivity index is 2.30. The second-order valence-electron chi connectivity index (χ2n) is 5.14. The molecule has 15 heavy (non-hydrogen) atoms. The Hall–Kier alpha value is -0.610. The molecular formula is C11H24N4. The molecule has 3 N–H and O–H groups in total. The van der Waals surface area contributed by atoms with Gasteiger partial charge < -0.3 is 10.6 Å². The molecule has 4 heteroatoms. The molecule has 0 saturated carbocycles. The van der Waals surface area contributed by atoms with Gasteiger partial charge in [-0.2, -0.15) is 0 Å². The van der Waals surface area contributed by atoms with E-state index in [9.17, 15) is 0 Å². The number of hydrogen-bond donors (Lipinski definition) is 2. The number of nitrogens with one attached hydrogen (secondary N) is 1. The third kappa shape index (κ3) is 3.80. The number of likely N-dealkylation sites (N-methyl/N-ethyl adjacent to an activating group) is 1. The maximum atomic E-state index is 7.17. The Morgan fingerprint density at radius 1 is 1.40 bits per heavy atom. The lowest BCUT2D eigenvalue weighted by Crippen LogP contribution is -2.57. The number of hydrogen-bond acceptors (Lipinski definition) is 3. The van der Waals surface area contributed by atoms with Crippen molar-refractivity contribution in [1.29, 1.82) is 5.41 Å². The van der Waals surface area contributed by atoms with Crippen LogP contribution in [0.4, 0.5) is 0 Å². The van der Waals surface area contributed by atoms with E-state index in [1.807, 2.05) is 0 Å². The summed E-state index contributed by atoms with van der Waals surface area (Å²) >= 11 is 0. The lowest BCUT2D eigenvalue weighted by atomic mass is 9.99. The summed E-state index contributed by atoms with van der Waals surface area (Å²) in [5.41, 5.74) is 5.61. The summed E-state index contributed by atoms with van der Waals surface area (Å²) in [5, 5.41) is 7.17. The van der Waals surface area contributed by atoms with Gasteiger partial charge in [0.1, 0.15) is 0 Å². The molecule has 0 aromatic rings.